The Morgan fingerprint density at radius 2 is 1.88 bits per heavy atom. The highest BCUT2D eigenvalue weighted by Gasteiger charge is 2.31. The third kappa shape index (κ3) is 7.86. The SMILES string of the molecule is CN(CC(=O)O)C(N)=NP(=O)(O)OP(=O)(O)O. The maximum absolute atomic E-state index is 11.0. The van der Waals surface area contributed by atoms with Gasteiger partial charge < -0.3 is 30.4 Å². The number of carboxylic acids is 1. The van der Waals surface area contributed by atoms with Crippen molar-refractivity contribution in [2.45, 2.75) is 0 Å². The zero-order valence-electron chi connectivity index (χ0n) is 8.50. The molecule has 13 heteroatoms. The van der Waals surface area contributed by atoms with Gasteiger partial charge in [0.05, 0.1) is 0 Å². The van der Waals surface area contributed by atoms with Crippen LogP contribution in [-0.4, -0.2) is 50.2 Å². The average Bonchev–Trinajstić information content (AvgIpc) is 1.95. The Morgan fingerprint density at radius 3 is 2.24 bits per heavy atom. The maximum Gasteiger partial charge on any atom is 0.478 e. The van der Waals surface area contributed by atoms with E-state index in [2.05, 4.69) is 9.07 Å². The van der Waals surface area contributed by atoms with Crippen molar-refractivity contribution >= 4 is 27.5 Å². The monoisotopic (exact) mass is 291 g/mol. The normalized spacial score (nSPS) is 16.4. The summed E-state index contributed by atoms with van der Waals surface area (Å²) in [5.74, 6) is -2.00. The largest absolute Gasteiger partial charge is 0.480 e. The smallest absolute Gasteiger partial charge is 0.478 e. The Hall–Kier alpha value is -0.960. The van der Waals surface area contributed by atoms with Crippen molar-refractivity contribution in [2.24, 2.45) is 10.5 Å². The second-order valence-corrected chi connectivity index (χ2v) is 5.59. The molecular formula is C4H11N3O8P2. The number of aliphatic carboxylic acids is 1. The number of nitrogens with zero attached hydrogens (tertiary/aromatic N) is 2. The van der Waals surface area contributed by atoms with Gasteiger partial charge in [-0.1, -0.05) is 0 Å². The highest BCUT2D eigenvalue weighted by atomic mass is 31.3. The van der Waals surface area contributed by atoms with Crippen LogP contribution >= 0.6 is 15.6 Å². The van der Waals surface area contributed by atoms with Crippen LogP contribution in [0.15, 0.2) is 4.76 Å². The summed E-state index contributed by atoms with van der Waals surface area (Å²) >= 11 is 0. The summed E-state index contributed by atoms with van der Waals surface area (Å²) in [5.41, 5.74) is 5.12. The molecule has 1 unspecified atom stereocenters. The first kappa shape index (κ1) is 16.0. The van der Waals surface area contributed by atoms with E-state index in [9.17, 15) is 13.9 Å². The molecule has 100 valence electrons. The van der Waals surface area contributed by atoms with Crippen molar-refractivity contribution in [3.63, 3.8) is 0 Å². The van der Waals surface area contributed by atoms with Crippen LogP contribution < -0.4 is 5.73 Å². The molecule has 0 bridgehead atoms. The number of guanidine groups is 1. The lowest BCUT2D eigenvalue weighted by Crippen LogP contribution is -2.37. The zero-order valence-corrected chi connectivity index (χ0v) is 10.3. The van der Waals surface area contributed by atoms with Gasteiger partial charge in [-0.15, -0.1) is 4.76 Å². The van der Waals surface area contributed by atoms with Gasteiger partial charge in [-0.2, -0.15) is 4.31 Å². The predicted molar refractivity (Wildman–Crippen MR) is 54.8 cm³/mol. The molecule has 0 amide bonds. The minimum atomic E-state index is -5.21. The number of hydrogen-bond acceptors (Lipinski definition) is 4. The van der Waals surface area contributed by atoms with Gasteiger partial charge in [-0.3, -0.25) is 4.79 Å². The van der Waals surface area contributed by atoms with Crippen molar-refractivity contribution < 1.29 is 38.0 Å². The first-order valence-electron chi connectivity index (χ1n) is 3.81. The standard InChI is InChI=1S/C4H11N3O8P2/c1-7(2-3(8)9)4(5)6-16(10,11)15-17(12,13)14/h2H2,1H3,(H,8,9)(H2,12,13,14)(H3,5,6,10,11). The number of phosphoric acid groups is 1. The molecular weight excluding hydrogens is 280 g/mol. The lowest BCUT2D eigenvalue weighted by Gasteiger charge is -2.16. The summed E-state index contributed by atoms with van der Waals surface area (Å²) in [4.78, 5) is 36.5. The fourth-order valence-corrected chi connectivity index (χ4v) is 2.31. The van der Waals surface area contributed by atoms with Gasteiger partial charge >= 0.3 is 21.5 Å². The van der Waals surface area contributed by atoms with E-state index in [-0.39, 0.29) is 0 Å². The minimum Gasteiger partial charge on any atom is -0.480 e. The molecule has 0 rings (SSSR count). The Kier molecular flexibility index (Phi) is 5.27. The number of carbonyl (C=O) groups is 1. The molecule has 0 saturated heterocycles. The van der Waals surface area contributed by atoms with Crippen LogP contribution in [0.2, 0.25) is 0 Å². The fraction of sp³-hybridized carbons (Fsp3) is 0.500. The minimum absolute atomic E-state index is 0.620. The molecule has 1 atom stereocenters. The molecule has 0 radical (unpaired) electrons. The number of likely N-dealkylation sites (N-methyl/N-ethyl adjacent to an activating group) is 1. The van der Waals surface area contributed by atoms with Crippen LogP contribution in [0.4, 0.5) is 0 Å². The van der Waals surface area contributed by atoms with Gasteiger partial charge in [0.15, 0.2) is 0 Å². The van der Waals surface area contributed by atoms with Crippen LogP contribution in [-0.2, 0) is 18.2 Å². The van der Waals surface area contributed by atoms with Crippen molar-refractivity contribution in [2.75, 3.05) is 13.6 Å². The van der Waals surface area contributed by atoms with Crippen molar-refractivity contribution in [1.29, 1.82) is 0 Å². The van der Waals surface area contributed by atoms with Crippen LogP contribution in [0.1, 0.15) is 0 Å². The van der Waals surface area contributed by atoms with Crippen molar-refractivity contribution in [1.82, 2.24) is 4.90 Å². The second kappa shape index (κ2) is 5.58. The molecule has 0 heterocycles. The third-order valence-electron chi connectivity index (χ3n) is 1.21. The molecule has 6 N–H and O–H groups in total. The third-order valence-corrected chi connectivity index (χ3v) is 3.36. The number of carboxylic acid groups (broad SMARTS) is 1. The lowest BCUT2D eigenvalue weighted by atomic mass is 10.6. The van der Waals surface area contributed by atoms with Crippen molar-refractivity contribution in [3.8, 4) is 0 Å². The van der Waals surface area contributed by atoms with E-state index in [4.69, 9.17) is 25.5 Å². The highest BCUT2D eigenvalue weighted by molar-refractivity contribution is 7.62. The first-order valence-corrected chi connectivity index (χ1v) is 6.87. The van der Waals surface area contributed by atoms with Gasteiger partial charge in [0.1, 0.15) is 6.54 Å². The van der Waals surface area contributed by atoms with Crippen molar-refractivity contribution in [3.05, 3.63) is 0 Å². The predicted octanol–water partition coefficient (Wildman–Crippen LogP) is -1.47. The van der Waals surface area contributed by atoms with E-state index in [0.717, 1.165) is 11.9 Å². The Balaban J connectivity index is 4.83. The molecule has 0 fully saturated rings. The van der Waals surface area contributed by atoms with E-state index in [1.54, 1.807) is 0 Å². The molecule has 0 aromatic heterocycles. The van der Waals surface area contributed by atoms with Crippen LogP contribution in [0, 0.1) is 0 Å². The van der Waals surface area contributed by atoms with Gasteiger partial charge in [0.25, 0.3) is 0 Å². The molecule has 0 aliphatic heterocycles. The summed E-state index contributed by atoms with van der Waals surface area (Å²) in [7, 11) is -9.07. The summed E-state index contributed by atoms with van der Waals surface area (Å²) in [6, 6.07) is 0. The molecule has 0 spiro atoms. The molecule has 17 heavy (non-hydrogen) atoms. The van der Waals surface area contributed by atoms with Gasteiger partial charge in [-0.25, -0.2) is 9.13 Å². The topological polar surface area (TPSA) is 183 Å². The van der Waals surface area contributed by atoms with Gasteiger partial charge in [-0.05, 0) is 0 Å². The van der Waals surface area contributed by atoms with Crippen LogP contribution in [0.5, 0.6) is 0 Å². The molecule has 0 aliphatic carbocycles. The average molecular weight is 291 g/mol. The van der Waals surface area contributed by atoms with Crippen LogP contribution in [0.25, 0.3) is 0 Å². The highest BCUT2D eigenvalue weighted by Crippen LogP contribution is 2.57. The van der Waals surface area contributed by atoms with E-state index in [0.29, 0.717) is 0 Å². The van der Waals surface area contributed by atoms with E-state index < -0.39 is 34.0 Å². The lowest BCUT2D eigenvalue weighted by molar-refractivity contribution is -0.137. The zero-order chi connectivity index (χ0) is 13.9. The number of hydrogen-bond donors (Lipinski definition) is 5. The first-order chi connectivity index (χ1) is 7.43. The molecule has 0 saturated carbocycles. The van der Waals surface area contributed by atoms with E-state index in [1.807, 2.05) is 0 Å². The Labute approximate surface area is 95.3 Å². The molecule has 0 aromatic carbocycles. The second-order valence-electron chi connectivity index (χ2n) is 2.77. The summed E-state index contributed by atoms with van der Waals surface area (Å²) in [5, 5.41) is 8.38. The molecule has 11 nitrogen and oxygen atoms in total. The summed E-state index contributed by atoms with van der Waals surface area (Å²) < 4.78 is 27.6. The van der Waals surface area contributed by atoms with Crippen LogP contribution in [0.3, 0.4) is 0 Å². The fourth-order valence-electron chi connectivity index (χ4n) is 0.647. The Bertz CT molecular complexity index is 415. The molecule has 0 aliphatic rings. The number of nitrogens with two attached hydrogens (primary N) is 1. The van der Waals surface area contributed by atoms with Gasteiger partial charge in [0, 0.05) is 7.05 Å². The van der Waals surface area contributed by atoms with E-state index >= 15 is 0 Å². The Morgan fingerprint density at radius 1 is 1.41 bits per heavy atom. The number of rotatable bonds is 5. The summed E-state index contributed by atoms with van der Waals surface area (Å²) in [6.07, 6.45) is 0. The summed E-state index contributed by atoms with van der Waals surface area (Å²) in [6.45, 7) is -0.620. The van der Waals surface area contributed by atoms with Gasteiger partial charge in [0.2, 0.25) is 5.96 Å². The maximum atomic E-state index is 11.0. The quantitative estimate of drug-likeness (QED) is 0.227. The molecule has 0 aromatic rings. The van der Waals surface area contributed by atoms with E-state index in [1.165, 1.54) is 0 Å².